The highest BCUT2D eigenvalue weighted by atomic mass is 32.2. The van der Waals surface area contributed by atoms with Crippen molar-refractivity contribution >= 4 is 11.8 Å². The largest absolute Gasteiger partial charge is 0.423 e. The van der Waals surface area contributed by atoms with Crippen molar-refractivity contribution in [3.05, 3.63) is 11.8 Å². The maximum Gasteiger partial charge on any atom is 0.233 e. The molecule has 0 fully saturated rings. The van der Waals surface area contributed by atoms with E-state index in [1.807, 2.05) is 6.26 Å². The topological polar surface area (TPSA) is 51.0 Å². The fraction of sp³-hybridized carbons (Fsp3) is 0.778. The summed E-state index contributed by atoms with van der Waals surface area (Å²) >= 11 is 1.68. The molecule has 0 bridgehead atoms. The van der Waals surface area contributed by atoms with Crippen molar-refractivity contribution in [2.24, 2.45) is 0 Å². The Kier molecular flexibility index (Phi) is 4.97. The van der Waals surface area contributed by atoms with Crippen LogP contribution in [0.1, 0.15) is 38.1 Å². The maximum absolute atomic E-state index is 5.52. The van der Waals surface area contributed by atoms with E-state index in [1.54, 1.807) is 11.8 Å². The van der Waals surface area contributed by atoms with Gasteiger partial charge in [-0.15, -0.1) is 10.2 Å². The van der Waals surface area contributed by atoms with Crippen LogP contribution in [0.4, 0.5) is 0 Å². The molecule has 1 atom stereocenters. The van der Waals surface area contributed by atoms with Crippen LogP contribution in [0.3, 0.4) is 0 Å². The summed E-state index contributed by atoms with van der Waals surface area (Å²) in [5.41, 5.74) is 0. The van der Waals surface area contributed by atoms with Gasteiger partial charge in [0.2, 0.25) is 11.8 Å². The van der Waals surface area contributed by atoms with Crippen molar-refractivity contribution < 1.29 is 4.42 Å². The quantitative estimate of drug-likeness (QED) is 0.786. The lowest BCUT2D eigenvalue weighted by Crippen LogP contribution is -2.20. The molecule has 0 saturated carbocycles. The fourth-order valence-electron chi connectivity index (χ4n) is 1.24. The lowest BCUT2D eigenvalue weighted by Gasteiger charge is -2.09. The van der Waals surface area contributed by atoms with Crippen LogP contribution in [0, 0.1) is 0 Å². The highest BCUT2D eigenvalue weighted by molar-refractivity contribution is 7.97. The Balaban J connectivity index is 2.63. The molecule has 5 heteroatoms. The predicted molar refractivity (Wildman–Crippen MR) is 58.2 cm³/mol. The minimum Gasteiger partial charge on any atom is -0.423 e. The van der Waals surface area contributed by atoms with E-state index < -0.39 is 0 Å². The van der Waals surface area contributed by atoms with Crippen LogP contribution in [0.5, 0.6) is 0 Å². The zero-order valence-corrected chi connectivity index (χ0v) is 9.73. The summed E-state index contributed by atoms with van der Waals surface area (Å²) in [4.78, 5) is 0. The second-order valence-corrected chi connectivity index (χ2v) is 3.85. The molecule has 1 aromatic heterocycles. The molecule has 1 N–H and O–H groups in total. The van der Waals surface area contributed by atoms with Gasteiger partial charge in [0, 0.05) is 0 Å². The van der Waals surface area contributed by atoms with Gasteiger partial charge in [-0.3, -0.25) is 0 Å². The first-order valence-corrected chi connectivity index (χ1v) is 6.25. The Morgan fingerprint density at radius 2 is 2.21 bits per heavy atom. The van der Waals surface area contributed by atoms with Gasteiger partial charge in [0.25, 0.3) is 0 Å². The first kappa shape index (κ1) is 11.5. The maximum atomic E-state index is 5.52. The lowest BCUT2D eigenvalue weighted by molar-refractivity contribution is 0.383. The van der Waals surface area contributed by atoms with E-state index in [9.17, 15) is 0 Å². The standard InChI is InChI=1S/C9H17N3OS/c1-4-7(10-5-2)9-12-11-8(13-9)6-14-3/h7,10H,4-6H2,1-3H3. The third-order valence-corrected chi connectivity index (χ3v) is 2.44. The number of nitrogens with zero attached hydrogens (tertiary/aromatic N) is 2. The van der Waals surface area contributed by atoms with Crippen LogP contribution in [-0.4, -0.2) is 23.0 Å². The number of nitrogens with one attached hydrogen (secondary N) is 1. The summed E-state index contributed by atoms with van der Waals surface area (Å²) in [7, 11) is 0. The van der Waals surface area contributed by atoms with Gasteiger partial charge < -0.3 is 9.73 Å². The minimum atomic E-state index is 0.197. The zero-order chi connectivity index (χ0) is 10.4. The van der Waals surface area contributed by atoms with E-state index in [-0.39, 0.29) is 6.04 Å². The highest BCUT2D eigenvalue weighted by Crippen LogP contribution is 2.16. The van der Waals surface area contributed by atoms with E-state index >= 15 is 0 Å². The molecule has 4 nitrogen and oxygen atoms in total. The summed E-state index contributed by atoms with van der Waals surface area (Å²) in [5, 5.41) is 11.3. The summed E-state index contributed by atoms with van der Waals surface area (Å²) in [6.45, 7) is 5.09. The molecule has 0 amide bonds. The van der Waals surface area contributed by atoms with Gasteiger partial charge in [-0.1, -0.05) is 13.8 Å². The highest BCUT2D eigenvalue weighted by Gasteiger charge is 2.15. The lowest BCUT2D eigenvalue weighted by atomic mass is 10.2. The summed E-state index contributed by atoms with van der Waals surface area (Å²) in [6.07, 6.45) is 2.99. The van der Waals surface area contributed by atoms with Crippen molar-refractivity contribution in [1.29, 1.82) is 0 Å². The van der Waals surface area contributed by atoms with Crippen molar-refractivity contribution in [1.82, 2.24) is 15.5 Å². The summed E-state index contributed by atoms with van der Waals surface area (Å²) in [5.74, 6) is 2.21. The van der Waals surface area contributed by atoms with E-state index in [1.165, 1.54) is 0 Å². The van der Waals surface area contributed by atoms with Gasteiger partial charge in [-0.05, 0) is 19.2 Å². The molecule has 0 aliphatic heterocycles. The molecule has 0 spiro atoms. The Morgan fingerprint density at radius 3 is 2.79 bits per heavy atom. The smallest absolute Gasteiger partial charge is 0.233 e. The Hall–Kier alpha value is -0.550. The average Bonchev–Trinajstić information content (AvgIpc) is 2.63. The summed E-state index contributed by atoms with van der Waals surface area (Å²) < 4.78 is 5.52. The van der Waals surface area contributed by atoms with Crippen LogP contribution < -0.4 is 5.32 Å². The van der Waals surface area contributed by atoms with Crippen molar-refractivity contribution in [2.45, 2.75) is 32.1 Å². The third kappa shape index (κ3) is 2.99. The second kappa shape index (κ2) is 6.03. The molecule has 0 saturated heterocycles. The van der Waals surface area contributed by atoms with E-state index in [0.717, 1.165) is 18.7 Å². The zero-order valence-electron chi connectivity index (χ0n) is 8.91. The first-order valence-electron chi connectivity index (χ1n) is 4.86. The molecule has 0 radical (unpaired) electrons. The average molecular weight is 215 g/mol. The van der Waals surface area contributed by atoms with Crippen LogP contribution in [0.2, 0.25) is 0 Å². The van der Waals surface area contributed by atoms with Crippen LogP contribution >= 0.6 is 11.8 Å². The van der Waals surface area contributed by atoms with Crippen LogP contribution in [-0.2, 0) is 5.75 Å². The van der Waals surface area contributed by atoms with Crippen LogP contribution in [0.25, 0.3) is 0 Å². The van der Waals surface area contributed by atoms with Crippen molar-refractivity contribution in [3.63, 3.8) is 0 Å². The van der Waals surface area contributed by atoms with E-state index in [0.29, 0.717) is 11.8 Å². The Labute approximate surface area is 88.9 Å². The predicted octanol–water partition coefficient (Wildman–Crippen LogP) is 1.99. The van der Waals surface area contributed by atoms with E-state index in [4.69, 9.17) is 4.42 Å². The minimum absolute atomic E-state index is 0.197. The number of thioether (sulfide) groups is 1. The molecule has 1 unspecified atom stereocenters. The van der Waals surface area contributed by atoms with Gasteiger partial charge in [0.1, 0.15) is 0 Å². The van der Waals surface area contributed by atoms with Crippen LogP contribution in [0.15, 0.2) is 4.42 Å². The van der Waals surface area contributed by atoms with Gasteiger partial charge in [0.15, 0.2) is 0 Å². The van der Waals surface area contributed by atoms with Gasteiger partial charge in [-0.25, -0.2) is 0 Å². The molecule has 80 valence electrons. The Morgan fingerprint density at radius 1 is 1.43 bits per heavy atom. The monoisotopic (exact) mass is 215 g/mol. The van der Waals surface area contributed by atoms with Gasteiger partial charge in [0.05, 0.1) is 11.8 Å². The molecule has 0 aliphatic carbocycles. The van der Waals surface area contributed by atoms with Crippen molar-refractivity contribution in [3.8, 4) is 0 Å². The van der Waals surface area contributed by atoms with Gasteiger partial charge in [-0.2, -0.15) is 11.8 Å². The van der Waals surface area contributed by atoms with Crippen molar-refractivity contribution in [2.75, 3.05) is 12.8 Å². The number of rotatable bonds is 6. The third-order valence-electron chi connectivity index (χ3n) is 1.91. The molecule has 0 aromatic carbocycles. The molecule has 1 heterocycles. The normalized spacial score (nSPS) is 13.1. The number of hydrogen-bond donors (Lipinski definition) is 1. The molecular weight excluding hydrogens is 198 g/mol. The first-order chi connectivity index (χ1) is 6.81. The molecule has 14 heavy (non-hydrogen) atoms. The van der Waals surface area contributed by atoms with E-state index in [2.05, 4.69) is 29.4 Å². The molecular formula is C9H17N3OS. The molecule has 0 aliphatic rings. The summed E-state index contributed by atoms with van der Waals surface area (Å²) in [6, 6.07) is 0.197. The second-order valence-electron chi connectivity index (χ2n) is 2.99. The molecule has 1 aromatic rings. The van der Waals surface area contributed by atoms with Gasteiger partial charge >= 0.3 is 0 Å². The number of hydrogen-bond acceptors (Lipinski definition) is 5. The number of aromatic nitrogens is 2. The SMILES string of the molecule is CCNC(CC)c1nnc(CSC)o1. The Bertz CT molecular complexity index is 264. The molecule has 1 rings (SSSR count). The fourth-order valence-corrected chi connectivity index (χ4v) is 1.61.